The van der Waals surface area contributed by atoms with Crippen LogP contribution in [0.15, 0.2) is 42.5 Å². The Kier molecular flexibility index (Phi) is 3.85. The van der Waals surface area contributed by atoms with E-state index < -0.39 is 11.6 Å². The molecule has 1 saturated carbocycles. The van der Waals surface area contributed by atoms with Gasteiger partial charge in [-0.2, -0.15) is 5.10 Å². The fraction of sp³-hybridized carbons (Fsp3) is 0.333. The third-order valence-corrected chi connectivity index (χ3v) is 6.98. The van der Waals surface area contributed by atoms with E-state index in [9.17, 15) is 13.6 Å². The van der Waals surface area contributed by atoms with E-state index in [0.29, 0.717) is 11.6 Å². The van der Waals surface area contributed by atoms with Crippen molar-refractivity contribution in [3.63, 3.8) is 0 Å². The van der Waals surface area contributed by atoms with Crippen molar-refractivity contribution in [2.24, 2.45) is 0 Å². The van der Waals surface area contributed by atoms with Crippen molar-refractivity contribution in [2.75, 3.05) is 0 Å². The molecule has 1 amide bonds. The van der Waals surface area contributed by atoms with E-state index in [4.69, 9.17) is 0 Å². The molecule has 2 bridgehead atoms. The van der Waals surface area contributed by atoms with Gasteiger partial charge in [0, 0.05) is 17.5 Å². The van der Waals surface area contributed by atoms with Gasteiger partial charge in [-0.3, -0.25) is 4.79 Å². The summed E-state index contributed by atoms with van der Waals surface area (Å²) >= 11 is 0. The topological polar surface area (TPSA) is 46.9 Å². The standard InChI is InChI=1S/C24H21F2N3O/c25-16-8-10-20(18(26)12-16)29-23-15-6-5-14(11-15)21(23)22(28-29)24(30)27-19-9-7-13-3-1-2-4-17(13)19/h1-4,8,10,12,14-15,19H,5-7,9,11H2,(H,27,30)/t14?,15?,19-/m1/s1. The van der Waals surface area contributed by atoms with Gasteiger partial charge in [-0.05, 0) is 61.3 Å². The third-order valence-electron chi connectivity index (χ3n) is 6.98. The molecular formula is C24H21F2N3O. The lowest BCUT2D eigenvalue weighted by Gasteiger charge is -2.15. The minimum atomic E-state index is -0.667. The van der Waals surface area contributed by atoms with Gasteiger partial charge in [0.25, 0.3) is 5.91 Å². The van der Waals surface area contributed by atoms with Crippen LogP contribution in [-0.4, -0.2) is 15.7 Å². The molecule has 0 radical (unpaired) electrons. The van der Waals surface area contributed by atoms with Crippen molar-refractivity contribution in [1.29, 1.82) is 0 Å². The van der Waals surface area contributed by atoms with Crippen molar-refractivity contribution < 1.29 is 13.6 Å². The van der Waals surface area contributed by atoms with Gasteiger partial charge < -0.3 is 5.32 Å². The minimum Gasteiger partial charge on any atom is -0.344 e. The van der Waals surface area contributed by atoms with Crippen molar-refractivity contribution in [3.8, 4) is 5.69 Å². The van der Waals surface area contributed by atoms with Crippen LogP contribution in [0, 0.1) is 11.6 Å². The highest BCUT2D eigenvalue weighted by Crippen LogP contribution is 2.54. The molecule has 2 aromatic carbocycles. The highest BCUT2D eigenvalue weighted by molar-refractivity contribution is 5.95. The summed E-state index contributed by atoms with van der Waals surface area (Å²) < 4.78 is 29.5. The predicted molar refractivity (Wildman–Crippen MR) is 108 cm³/mol. The van der Waals surface area contributed by atoms with E-state index in [1.165, 1.54) is 17.7 Å². The Morgan fingerprint density at radius 2 is 1.90 bits per heavy atom. The molecule has 2 unspecified atom stereocenters. The molecule has 152 valence electrons. The zero-order valence-corrected chi connectivity index (χ0v) is 16.4. The molecule has 1 N–H and O–H groups in total. The Labute approximate surface area is 172 Å². The van der Waals surface area contributed by atoms with Crippen LogP contribution >= 0.6 is 0 Å². The maximum Gasteiger partial charge on any atom is 0.272 e. The quantitative estimate of drug-likeness (QED) is 0.672. The molecule has 6 heteroatoms. The van der Waals surface area contributed by atoms with Crippen molar-refractivity contribution >= 4 is 5.91 Å². The molecule has 1 fully saturated rings. The number of rotatable bonds is 3. The van der Waals surface area contributed by atoms with E-state index >= 15 is 0 Å². The van der Waals surface area contributed by atoms with Crippen LogP contribution < -0.4 is 5.32 Å². The maximum atomic E-state index is 14.5. The summed E-state index contributed by atoms with van der Waals surface area (Å²) in [6.07, 6.45) is 4.83. The van der Waals surface area contributed by atoms with Crippen molar-refractivity contribution in [2.45, 2.75) is 50.0 Å². The third kappa shape index (κ3) is 2.56. The summed E-state index contributed by atoms with van der Waals surface area (Å²) in [6.45, 7) is 0. The van der Waals surface area contributed by atoms with Crippen LogP contribution in [-0.2, 0) is 6.42 Å². The van der Waals surface area contributed by atoms with Crippen LogP contribution in [0.1, 0.15) is 76.4 Å². The van der Waals surface area contributed by atoms with Gasteiger partial charge in [-0.25, -0.2) is 13.5 Å². The molecule has 1 heterocycles. The number of hydrogen-bond acceptors (Lipinski definition) is 2. The first-order valence-electron chi connectivity index (χ1n) is 10.6. The minimum absolute atomic E-state index is 0.0318. The van der Waals surface area contributed by atoms with Crippen LogP contribution in [0.25, 0.3) is 5.69 Å². The van der Waals surface area contributed by atoms with Gasteiger partial charge in [0.05, 0.1) is 11.7 Å². The normalized spacial score (nSPS) is 23.5. The fourth-order valence-corrected chi connectivity index (χ4v) is 5.67. The average molecular weight is 405 g/mol. The summed E-state index contributed by atoms with van der Waals surface area (Å²) in [4.78, 5) is 13.3. The zero-order valence-electron chi connectivity index (χ0n) is 16.4. The zero-order chi connectivity index (χ0) is 20.4. The van der Waals surface area contributed by atoms with Crippen molar-refractivity contribution in [3.05, 3.63) is 82.2 Å². The molecule has 3 atom stereocenters. The Balaban J connectivity index is 1.40. The largest absolute Gasteiger partial charge is 0.344 e. The molecule has 30 heavy (non-hydrogen) atoms. The van der Waals surface area contributed by atoms with E-state index in [1.807, 2.05) is 12.1 Å². The van der Waals surface area contributed by atoms with Crippen molar-refractivity contribution in [1.82, 2.24) is 15.1 Å². The van der Waals surface area contributed by atoms with Crippen LogP contribution in [0.5, 0.6) is 0 Å². The number of nitrogens with one attached hydrogen (secondary N) is 1. The monoisotopic (exact) mass is 405 g/mol. The van der Waals surface area contributed by atoms with Gasteiger partial charge in [0.2, 0.25) is 0 Å². The highest BCUT2D eigenvalue weighted by atomic mass is 19.1. The average Bonchev–Trinajstić information content (AvgIpc) is 3.50. The summed E-state index contributed by atoms with van der Waals surface area (Å²) in [5, 5.41) is 7.73. The molecule has 1 aromatic heterocycles. The molecule has 6 rings (SSSR count). The van der Waals surface area contributed by atoms with Gasteiger partial charge in [-0.1, -0.05) is 24.3 Å². The van der Waals surface area contributed by atoms with Crippen LogP contribution in [0.2, 0.25) is 0 Å². The van der Waals surface area contributed by atoms with E-state index in [1.54, 1.807) is 4.68 Å². The number of aromatic nitrogens is 2. The number of amides is 1. The number of halogens is 2. The number of carbonyl (C=O) groups excluding carboxylic acids is 1. The smallest absolute Gasteiger partial charge is 0.272 e. The second-order valence-corrected chi connectivity index (χ2v) is 8.63. The second-order valence-electron chi connectivity index (χ2n) is 8.63. The van der Waals surface area contributed by atoms with Gasteiger partial charge >= 0.3 is 0 Å². The molecule has 3 aliphatic carbocycles. The van der Waals surface area contributed by atoms with Crippen LogP contribution in [0.4, 0.5) is 8.78 Å². The molecule has 3 aromatic rings. The SMILES string of the molecule is O=C(N[C@@H]1CCc2ccccc21)c1nn(-c2ccc(F)cc2F)c2c1C1CCC2C1. The number of nitrogens with zero attached hydrogens (tertiary/aromatic N) is 2. The number of fused-ring (bicyclic) bond motifs is 6. The van der Waals surface area contributed by atoms with Gasteiger partial charge in [-0.15, -0.1) is 0 Å². The molecule has 4 nitrogen and oxygen atoms in total. The molecule has 0 saturated heterocycles. The van der Waals surface area contributed by atoms with Crippen LogP contribution in [0.3, 0.4) is 0 Å². The lowest BCUT2D eigenvalue weighted by Crippen LogP contribution is -2.28. The first kappa shape index (κ1) is 17.8. The Morgan fingerprint density at radius 1 is 1.07 bits per heavy atom. The van der Waals surface area contributed by atoms with E-state index in [0.717, 1.165) is 55.0 Å². The van der Waals surface area contributed by atoms with Gasteiger partial charge in [0.15, 0.2) is 11.5 Å². The molecule has 0 aliphatic heterocycles. The number of hydrogen-bond donors (Lipinski definition) is 1. The molecule has 0 spiro atoms. The first-order chi connectivity index (χ1) is 14.6. The maximum absolute atomic E-state index is 14.5. The molecule has 3 aliphatic rings. The Hall–Kier alpha value is -3.02. The fourth-order valence-electron chi connectivity index (χ4n) is 5.67. The first-order valence-corrected chi connectivity index (χ1v) is 10.6. The number of benzene rings is 2. The highest BCUT2D eigenvalue weighted by Gasteiger charge is 2.44. The summed E-state index contributed by atoms with van der Waals surface area (Å²) in [6, 6.07) is 11.6. The Bertz CT molecular complexity index is 1190. The lowest BCUT2D eigenvalue weighted by atomic mass is 9.95. The van der Waals surface area contributed by atoms with E-state index in [2.05, 4.69) is 22.5 Å². The number of aryl methyl sites for hydroxylation is 1. The summed E-state index contributed by atoms with van der Waals surface area (Å²) in [7, 11) is 0. The number of carbonyl (C=O) groups is 1. The summed E-state index contributed by atoms with van der Waals surface area (Å²) in [5.41, 5.74) is 4.90. The van der Waals surface area contributed by atoms with E-state index in [-0.39, 0.29) is 23.6 Å². The predicted octanol–water partition coefficient (Wildman–Crippen LogP) is 4.93. The lowest BCUT2D eigenvalue weighted by molar-refractivity contribution is 0.0930. The Morgan fingerprint density at radius 3 is 2.77 bits per heavy atom. The summed E-state index contributed by atoms with van der Waals surface area (Å²) in [5.74, 6) is -0.935. The second kappa shape index (κ2) is 6.49. The molecular weight excluding hydrogens is 384 g/mol. The van der Waals surface area contributed by atoms with Gasteiger partial charge in [0.1, 0.15) is 11.5 Å².